The second-order valence-electron chi connectivity index (χ2n) is 3.73. The zero-order valence-electron chi connectivity index (χ0n) is 9.67. The van der Waals surface area contributed by atoms with Gasteiger partial charge in [-0.05, 0) is 18.6 Å². The fourth-order valence-electron chi connectivity index (χ4n) is 1.52. The third-order valence-corrected chi connectivity index (χ3v) is 2.38. The average molecular weight is 226 g/mol. The lowest BCUT2D eigenvalue weighted by atomic mass is 10.1. The van der Waals surface area contributed by atoms with Crippen molar-refractivity contribution in [2.75, 3.05) is 6.61 Å². The largest absolute Gasteiger partial charge is 0.392 e. The number of hydrogen-bond acceptors (Lipinski definition) is 3. The van der Waals surface area contributed by atoms with Crippen LogP contribution in [0.2, 0.25) is 0 Å². The molecular weight excluding hydrogens is 212 g/mol. The highest BCUT2D eigenvalue weighted by atomic mass is 16.2. The van der Waals surface area contributed by atoms with Gasteiger partial charge in [-0.2, -0.15) is 0 Å². The van der Waals surface area contributed by atoms with Crippen LogP contribution in [0.5, 0.6) is 0 Å². The minimum atomic E-state index is 0.0583. The molecule has 1 aromatic heterocycles. The Morgan fingerprint density at radius 1 is 1.18 bits per heavy atom. The quantitative estimate of drug-likeness (QED) is 0.874. The minimum Gasteiger partial charge on any atom is -0.392 e. The number of aromatic nitrogens is 2. The van der Waals surface area contributed by atoms with E-state index < -0.39 is 0 Å². The summed E-state index contributed by atoms with van der Waals surface area (Å²) in [6.45, 7) is 2.01. The molecule has 0 amide bonds. The Kier molecular flexibility index (Phi) is 3.62. The van der Waals surface area contributed by atoms with Crippen LogP contribution in [0.4, 0.5) is 0 Å². The highest BCUT2D eigenvalue weighted by Gasteiger charge is 2.00. The number of aliphatic hydroxyl groups is 1. The van der Waals surface area contributed by atoms with Crippen molar-refractivity contribution >= 4 is 6.08 Å². The third kappa shape index (κ3) is 2.98. The van der Waals surface area contributed by atoms with Crippen LogP contribution >= 0.6 is 0 Å². The molecule has 0 aliphatic rings. The van der Waals surface area contributed by atoms with E-state index in [0.717, 1.165) is 22.6 Å². The highest BCUT2D eigenvalue weighted by molar-refractivity contribution is 5.59. The van der Waals surface area contributed by atoms with Crippen molar-refractivity contribution in [1.29, 1.82) is 0 Å². The van der Waals surface area contributed by atoms with Crippen molar-refractivity contribution in [3.05, 3.63) is 53.9 Å². The zero-order chi connectivity index (χ0) is 12.1. The summed E-state index contributed by atoms with van der Waals surface area (Å²) in [5.74, 6) is 0.739. The first-order valence-corrected chi connectivity index (χ1v) is 5.47. The molecular formula is C14H14N2O. The predicted molar refractivity (Wildman–Crippen MR) is 68.3 cm³/mol. The van der Waals surface area contributed by atoms with Gasteiger partial charge in [0.1, 0.15) is 0 Å². The third-order valence-electron chi connectivity index (χ3n) is 2.38. The first-order chi connectivity index (χ1) is 8.29. The summed E-state index contributed by atoms with van der Waals surface area (Å²) in [6, 6.07) is 9.79. The molecule has 2 aromatic rings. The van der Waals surface area contributed by atoms with Gasteiger partial charge in [-0.25, -0.2) is 9.97 Å². The summed E-state index contributed by atoms with van der Waals surface area (Å²) in [4.78, 5) is 8.60. The van der Waals surface area contributed by atoms with Gasteiger partial charge in [0.2, 0.25) is 0 Å². The van der Waals surface area contributed by atoms with Crippen molar-refractivity contribution < 1.29 is 5.11 Å². The van der Waals surface area contributed by atoms with Gasteiger partial charge in [0.05, 0.1) is 6.61 Å². The second-order valence-corrected chi connectivity index (χ2v) is 3.73. The van der Waals surface area contributed by atoms with Gasteiger partial charge < -0.3 is 5.11 Å². The SMILES string of the molecule is Cc1ccnc(-c2ccc(/C=C/CO)cc2)n1. The van der Waals surface area contributed by atoms with E-state index >= 15 is 0 Å². The Bertz CT molecular complexity index is 518. The van der Waals surface area contributed by atoms with Crippen molar-refractivity contribution in [1.82, 2.24) is 9.97 Å². The minimum absolute atomic E-state index is 0.0583. The molecule has 0 spiro atoms. The summed E-state index contributed by atoms with van der Waals surface area (Å²) < 4.78 is 0. The Balaban J connectivity index is 2.26. The normalized spacial score (nSPS) is 10.9. The van der Waals surface area contributed by atoms with Gasteiger partial charge in [-0.15, -0.1) is 0 Å². The van der Waals surface area contributed by atoms with Crippen molar-refractivity contribution in [2.24, 2.45) is 0 Å². The van der Waals surface area contributed by atoms with Gasteiger partial charge in [0, 0.05) is 17.5 Å². The molecule has 86 valence electrons. The molecule has 3 heteroatoms. The molecule has 1 heterocycles. The molecule has 0 unspecified atom stereocenters. The summed E-state index contributed by atoms with van der Waals surface area (Å²) in [7, 11) is 0. The molecule has 0 aliphatic carbocycles. The lowest BCUT2D eigenvalue weighted by Crippen LogP contribution is -1.90. The molecule has 1 aromatic carbocycles. The lowest BCUT2D eigenvalue weighted by molar-refractivity contribution is 0.343. The lowest BCUT2D eigenvalue weighted by Gasteiger charge is -2.01. The Morgan fingerprint density at radius 3 is 2.59 bits per heavy atom. The summed E-state index contributed by atoms with van der Waals surface area (Å²) in [6.07, 6.45) is 5.34. The Hall–Kier alpha value is -2.00. The molecule has 0 fully saturated rings. The van der Waals surface area contributed by atoms with Gasteiger partial charge in [0.15, 0.2) is 5.82 Å². The van der Waals surface area contributed by atoms with E-state index in [1.807, 2.05) is 43.3 Å². The zero-order valence-corrected chi connectivity index (χ0v) is 9.67. The second kappa shape index (κ2) is 5.37. The standard InChI is InChI=1S/C14H14N2O/c1-11-8-9-15-14(16-11)13-6-4-12(5-7-13)3-2-10-17/h2-9,17H,10H2,1H3/b3-2+. The maximum absolute atomic E-state index is 8.68. The topological polar surface area (TPSA) is 46.0 Å². The van der Waals surface area contributed by atoms with E-state index in [1.165, 1.54) is 0 Å². The van der Waals surface area contributed by atoms with Crippen LogP contribution in [0.1, 0.15) is 11.3 Å². The highest BCUT2D eigenvalue weighted by Crippen LogP contribution is 2.16. The number of benzene rings is 1. The fraction of sp³-hybridized carbons (Fsp3) is 0.143. The first kappa shape index (κ1) is 11.5. The summed E-state index contributed by atoms with van der Waals surface area (Å²) in [5.41, 5.74) is 3.00. The molecule has 17 heavy (non-hydrogen) atoms. The van der Waals surface area contributed by atoms with Crippen LogP contribution in [0.3, 0.4) is 0 Å². The van der Waals surface area contributed by atoms with Gasteiger partial charge in [0.25, 0.3) is 0 Å². The van der Waals surface area contributed by atoms with Crippen molar-refractivity contribution in [3.8, 4) is 11.4 Å². The van der Waals surface area contributed by atoms with Crippen LogP contribution < -0.4 is 0 Å². The van der Waals surface area contributed by atoms with Gasteiger partial charge in [-0.1, -0.05) is 36.4 Å². The maximum atomic E-state index is 8.68. The van der Waals surface area contributed by atoms with E-state index in [4.69, 9.17) is 5.11 Å². The summed E-state index contributed by atoms with van der Waals surface area (Å²) in [5, 5.41) is 8.68. The van der Waals surface area contributed by atoms with E-state index in [9.17, 15) is 0 Å². The van der Waals surface area contributed by atoms with E-state index in [0.29, 0.717) is 0 Å². The molecule has 0 aliphatic heterocycles. The van der Waals surface area contributed by atoms with Crippen LogP contribution in [-0.2, 0) is 0 Å². The van der Waals surface area contributed by atoms with Crippen molar-refractivity contribution in [2.45, 2.75) is 6.92 Å². The predicted octanol–water partition coefficient (Wildman–Crippen LogP) is 2.46. The average Bonchev–Trinajstić information content (AvgIpc) is 2.37. The molecule has 1 N–H and O–H groups in total. The van der Waals surface area contributed by atoms with Gasteiger partial charge in [-0.3, -0.25) is 0 Å². The van der Waals surface area contributed by atoms with Crippen molar-refractivity contribution in [3.63, 3.8) is 0 Å². The number of rotatable bonds is 3. The first-order valence-electron chi connectivity index (χ1n) is 5.47. The number of aryl methyl sites for hydroxylation is 1. The number of aliphatic hydroxyl groups excluding tert-OH is 1. The van der Waals surface area contributed by atoms with Crippen LogP contribution in [-0.4, -0.2) is 21.7 Å². The fourth-order valence-corrected chi connectivity index (χ4v) is 1.52. The molecule has 0 saturated heterocycles. The monoisotopic (exact) mass is 226 g/mol. The van der Waals surface area contributed by atoms with Crippen LogP contribution in [0.25, 0.3) is 17.5 Å². The molecule has 0 radical (unpaired) electrons. The number of nitrogens with zero attached hydrogens (tertiary/aromatic N) is 2. The van der Waals surface area contributed by atoms with E-state index in [1.54, 1.807) is 12.3 Å². The molecule has 0 atom stereocenters. The Labute approximate surface area is 100 Å². The van der Waals surface area contributed by atoms with Gasteiger partial charge >= 0.3 is 0 Å². The maximum Gasteiger partial charge on any atom is 0.159 e. The molecule has 3 nitrogen and oxygen atoms in total. The van der Waals surface area contributed by atoms with E-state index in [2.05, 4.69) is 9.97 Å². The summed E-state index contributed by atoms with van der Waals surface area (Å²) >= 11 is 0. The Morgan fingerprint density at radius 2 is 1.94 bits per heavy atom. The number of hydrogen-bond donors (Lipinski definition) is 1. The molecule has 0 saturated carbocycles. The molecule has 2 rings (SSSR count). The smallest absolute Gasteiger partial charge is 0.159 e. The van der Waals surface area contributed by atoms with Crippen LogP contribution in [0.15, 0.2) is 42.6 Å². The van der Waals surface area contributed by atoms with E-state index in [-0.39, 0.29) is 6.61 Å². The van der Waals surface area contributed by atoms with Crippen LogP contribution in [0, 0.1) is 6.92 Å². The molecule has 0 bridgehead atoms.